The molecule has 0 saturated carbocycles. The van der Waals surface area contributed by atoms with Crippen molar-refractivity contribution >= 4 is 22.8 Å². The number of aryl methyl sites for hydroxylation is 2. The number of hydrogen-bond acceptors (Lipinski definition) is 3. The number of hydrogen-bond donors (Lipinski definition) is 0. The predicted molar refractivity (Wildman–Crippen MR) is 123 cm³/mol. The number of nitrogens with zero attached hydrogens (tertiary/aromatic N) is 1. The maximum Gasteiger partial charge on any atom is 0.231 e. The van der Waals surface area contributed by atoms with Crippen LogP contribution in [0, 0.1) is 13.8 Å². The third-order valence-electron chi connectivity index (χ3n) is 5.77. The first kappa shape index (κ1) is 19.2. The fourth-order valence-corrected chi connectivity index (χ4v) is 4.00. The van der Waals surface area contributed by atoms with Crippen LogP contribution in [0.2, 0.25) is 0 Å². The van der Waals surface area contributed by atoms with Gasteiger partial charge in [-0.25, -0.2) is 0 Å². The second-order valence-electron chi connectivity index (χ2n) is 7.99. The van der Waals surface area contributed by atoms with Gasteiger partial charge in [-0.3, -0.25) is 4.79 Å². The van der Waals surface area contributed by atoms with Crippen molar-refractivity contribution in [3.63, 3.8) is 0 Å². The van der Waals surface area contributed by atoms with Gasteiger partial charge < -0.3 is 14.0 Å². The Bertz CT molecular complexity index is 1340. The molecule has 0 saturated heterocycles. The average Bonchev–Trinajstić information content (AvgIpc) is 3.27. The van der Waals surface area contributed by atoms with E-state index in [1.165, 1.54) is 5.56 Å². The summed E-state index contributed by atoms with van der Waals surface area (Å²) in [5.41, 5.74) is 5.79. The van der Waals surface area contributed by atoms with Crippen LogP contribution in [0.25, 0.3) is 17.0 Å². The van der Waals surface area contributed by atoms with Crippen LogP contribution in [0.1, 0.15) is 32.6 Å². The molecule has 0 N–H and O–H groups in total. The predicted octanol–water partition coefficient (Wildman–Crippen LogP) is 5.99. The van der Waals surface area contributed by atoms with Crippen LogP contribution in [-0.4, -0.2) is 10.4 Å². The summed E-state index contributed by atoms with van der Waals surface area (Å²) in [6.07, 6.45) is 3.84. The Morgan fingerprint density at radius 3 is 2.58 bits per heavy atom. The van der Waals surface area contributed by atoms with Crippen molar-refractivity contribution in [1.29, 1.82) is 0 Å². The lowest BCUT2D eigenvalue weighted by Crippen LogP contribution is -1.98. The second kappa shape index (κ2) is 7.47. The first-order chi connectivity index (χ1) is 15.0. The van der Waals surface area contributed by atoms with Crippen LogP contribution in [-0.2, 0) is 13.7 Å². The molecule has 0 unspecified atom stereocenters. The van der Waals surface area contributed by atoms with E-state index >= 15 is 0 Å². The molecule has 0 radical (unpaired) electrons. The number of ketones is 1. The molecule has 1 aliphatic rings. The molecule has 4 heteroatoms. The number of benzene rings is 3. The molecule has 1 aliphatic heterocycles. The van der Waals surface area contributed by atoms with Crippen molar-refractivity contribution in [3.05, 3.63) is 100 Å². The van der Waals surface area contributed by atoms with Gasteiger partial charge in [0.15, 0.2) is 5.76 Å². The minimum atomic E-state index is -0.101. The van der Waals surface area contributed by atoms with Crippen LogP contribution in [0.3, 0.4) is 0 Å². The molecular weight excluding hydrogens is 386 g/mol. The van der Waals surface area contributed by atoms with E-state index in [9.17, 15) is 4.79 Å². The van der Waals surface area contributed by atoms with Crippen molar-refractivity contribution in [1.82, 2.24) is 4.57 Å². The molecule has 4 nitrogen and oxygen atoms in total. The summed E-state index contributed by atoms with van der Waals surface area (Å²) in [4.78, 5) is 13.0. The lowest BCUT2D eigenvalue weighted by Gasteiger charge is -2.11. The third-order valence-corrected chi connectivity index (χ3v) is 5.77. The van der Waals surface area contributed by atoms with E-state index in [1.807, 2.05) is 44.4 Å². The van der Waals surface area contributed by atoms with Gasteiger partial charge in [-0.05, 0) is 43.7 Å². The van der Waals surface area contributed by atoms with Gasteiger partial charge >= 0.3 is 0 Å². The number of carbonyl (C=O) groups is 1. The Labute approximate surface area is 181 Å². The summed E-state index contributed by atoms with van der Waals surface area (Å²) in [5, 5.41) is 1.09. The largest absolute Gasteiger partial charge is 0.488 e. The summed E-state index contributed by atoms with van der Waals surface area (Å²) >= 11 is 0. The van der Waals surface area contributed by atoms with Crippen LogP contribution in [0.4, 0.5) is 0 Å². The molecule has 31 heavy (non-hydrogen) atoms. The molecule has 2 heterocycles. The smallest absolute Gasteiger partial charge is 0.231 e. The fraction of sp³-hybridized carbons (Fsp3) is 0.148. The Kier molecular flexibility index (Phi) is 4.63. The summed E-state index contributed by atoms with van der Waals surface area (Å²) in [6, 6.07) is 20.0. The number of aromatic nitrogens is 1. The van der Waals surface area contributed by atoms with Gasteiger partial charge in [0, 0.05) is 35.3 Å². The van der Waals surface area contributed by atoms with Gasteiger partial charge in [-0.1, -0.05) is 48.0 Å². The average molecular weight is 409 g/mol. The van der Waals surface area contributed by atoms with Gasteiger partial charge in [-0.15, -0.1) is 0 Å². The first-order valence-corrected chi connectivity index (χ1v) is 10.3. The molecule has 0 aliphatic carbocycles. The Balaban J connectivity index is 1.43. The molecule has 1 aromatic heterocycles. The number of ether oxygens (including phenoxy) is 2. The van der Waals surface area contributed by atoms with Crippen LogP contribution in [0.15, 0.2) is 72.6 Å². The second-order valence-corrected chi connectivity index (χ2v) is 7.99. The van der Waals surface area contributed by atoms with E-state index in [4.69, 9.17) is 9.47 Å². The normalized spacial score (nSPS) is 14.2. The topological polar surface area (TPSA) is 40.5 Å². The molecule has 0 fully saturated rings. The molecule has 5 rings (SSSR count). The SMILES string of the molecule is Cc1ccc(COc2ccc3c(c2C)O/C(=C/c2cn(C)c4ccccc24)C3=O)cc1. The fourth-order valence-electron chi connectivity index (χ4n) is 4.00. The van der Waals surface area contributed by atoms with Gasteiger partial charge in [-0.2, -0.15) is 0 Å². The maximum absolute atomic E-state index is 13.0. The minimum absolute atomic E-state index is 0.101. The summed E-state index contributed by atoms with van der Waals surface area (Å²) in [7, 11) is 2.00. The highest BCUT2D eigenvalue weighted by molar-refractivity contribution is 6.15. The lowest BCUT2D eigenvalue weighted by molar-refractivity contribution is 0.101. The zero-order chi connectivity index (χ0) is 21.5. The number of Topliss-reactive ketones (excluding diaryl/α,β-unsaturated/α-hetero) is 1. The van der Waals surface area contributed by atoms with Crippen molar-refractivity contribution in [2.24, 2.45) is 7.05 Å². The van der Waals surface area contributed by atoms with Crippen molar-refractivity contribution < 1.29 is 14.3 Å². The van der Waals surface area contributed by atoms with Crippen LogP contribution >= 0.6 is 0 Å². The molecule has 0 atom stereocenters. The third kappa shape index (κ3) is 3.40. The van der Waals surface area contributed by atoms with Gasteiger partial charge in [0.25, 0.3) is 0 Å². The van der Waals surface area contributed by atoms with Gasteiger partial charge in [0.1, 0.15) is 18.1 Å². The van der Waals surface area contributed by atoms with Crippen molar-refractivity contribution in [2.75, 3.05) is 0 Å². The minimum Gasteiger partial charge on any atom is -0.488 e. The van der Waals surface area contributed by atoms with E-state index < -0.39 is 0 Å². The van der Waals surface area contributed by atoms with Gasteiger partial charge in [0.2, 0.25) is 5.78 Å². The van der Waals surface area contributed by atoms with E-state index in [2.05, 4.69) is 47.9 Å². The maximum atomic E-state index is 13.0. The van der Waals surface area contributed by atoms with Crippen LogP contribution in [0.5, 0.6) is 11.5 Å². The number of para-hydroxylation sites is 1. The Morgan fingerprint density at radius 2 is 1.77 bits per heavy atom. The van der Waals surface area contributed by atoms with Crippen molar-refractivity contribution in [2.45, 2.75) is 20.5 Å². The van der Waals surface area contributed by atoms with Crippen LogP contribution < -0.4 is 9.47 Å². The van der Waals surface area contributed by atoms with E-state index in [1.54, 1.807) is 6.07 Å². The molecular formula is C27H23NO3. The highest BCUT2D eigenvalue weighted by atomic mass is 16.5. The standard InChI is InChI=1S/C27H23NO3/c1-17-8-10-19(11-9-17)16-30-24-13-12-22-26(29)25(31-27(22)18(24)2)14-20-15-28(3)23-7-5-4-6-21(20)23/h4-15H,16H2,1-3H3/b25-14+. The monoisotopic (exact) mass is 409 g/mol. The zero-order valence-electron chi connectivity index (χ0n) is 17.8. The number of rotatable bonds is 4. The molecule has 4 aromatic rings. The highest BCUT2D eigenvalue weighted by Crippen LogP contribution is 2.40. The number of allylic oxidation sites excluding steroid dienone is 1. The van der Waals surface area contributed by atoms with Gasteiger partial charge in [0.05, 0.1) is 5.56 Å². The van der Waals surface area contributed by atoms with E-state index in [-0.39, 0.29) is 5.78 Å². The van der Waals surface area contributed by atoms with E-state index in [0.29, 0.717) is 23.7 Å². The van der Waals surface area contributed by atoms with Crippen molar-refractivity contribution in [3.8, 4) is 11.5 Å². The zero-order valence-corrected chi connectivity index (χ0v) is 17.8. The number of fused-ring (bicyclic) bond motifs is 2. The molecule has 0 bridgehead atoms. The summed E-state index contributed by atoms with van der Waals surface area (Å²) in [5.74, 6) is 1.54. The molecule has 154 valence electrons. The lowest BCUT2D eigenvalue weighted by atomic mass is 10.1. The summed E-state index contributed by atoms with van der Waals surface area (Å²) in [6.45, 7) is 4.46. The first-order valence-electron chi connectivity index (χ1n) is 10.3. The quantitative estimate of drug-likeness (QED) is 0.389. The number of carbonyl (C=O) groups excluding carboxylic acids is 1. The highest BCUT2D eigenvalue weighted by Gasteiger charge is 2.30. The van der Waals surface area contributed by atoms with E-state index in [0.717, 1.165) is 33.3 Å². The summed E-state index contributed by atoms with van der Waals surface area (Å²) < 4.78 is 14.1. The molecule has 0 spiro atoms. The molecule has 0 amide bonds. The Hall–Kier alpha value is -3.79. The Morgan fingerprint density at radius 1 is 1.00 bits per heavy atom. The molecule has 3 aromatic carbocycles.